The van der Waals surface area contributed by atoms with Crippen LogP contribution in [0.1, 0.15) is 33.1 Å². The summed E-state index contributed by atoms with van der Waals surface area (Å²) in [6, 6.07) is 8.55. The number of amides is 1. The van der Waals surface area contributed by atoms with Gasteiger partial charge in [-0.05, 0) is 44.2 Å². The Bertz CT molecular complexity index is 450. The molecule has 1 heterocycles. The van der Waals surface area contributed by atoms with Crippen molar-refractivity contribution in [2.24, 2.45) is 0 Å². The fourth-order valence-corrected chi connectivity index (χ4v) is 3.38. The molecule has 3 nitrogen and oxygen atoms in total. The third kappa shape index (κ3) is 4.25. The monoisotopic (exact) mass is 292 g/mol. The molecule has 1 aromatic carbocycles. The molecule has 1 aliphatic heterocycles. The first-order valence-electron chi connectivity index (χ1n) is 7.46. The number of nitrogens with one attached hydrogen (secondary N) is 1. The van der Waals surface area contributed by atoms with Crippen LogP contribution in [0.25, 0.3) is 0 Å². The molecule has 1 saturated heterocycles. The molecule has 1 aliphatic rings. The van der Waals surface area contributed by atoms with Crippen molar-refractivity contribution in [3.63, 3.8) is 0 Å². The highest BCUT2D eigenvalue weighted by Gasteiger charge is 2.20. The smallest absolute Gasteiger partial charge is 0.238 e. The number of carbonyl (C=O) groups is 1. The minimum absolute atomic E-state index is 0.0999. The molecule has 1 aromatic rings. The van der Waals surface area contributed by atoms with E-state index in [0.29, 0.717) is 12.6 Å². The topological polar surface area (TPSA) is 32.3 Å². The van der Waals surface area contributed by atoms with Gasteiger partial charge in [0.1, 0.15) is 0 Å². The van der Waals surface area contributed by atoms with Crippen LogP contribution in [0, 0.1) is 0 Å². The summed E-state index contributed by atoms with van der Waals surface area (Å²) in [5, 5.41) is 3.06. The number of benzene rings is 1. The quantitative estimate of drug-likeness (QED) is 0.841. The van der Waals surface area contributed by atoms with Gasteiger partial charge < -0.3 is 5.32 Å². The van der Waals surface area contributed by atoms with E-state index in [1.807, 2.05) is 18.2 Å². The van der Waals surface area contributed by atoms with Crippen molar-refractivity contribution >= 4 is 23.4 Å². The summed E-state index contributed by atoms with van der Waals surface area (Å²) in [5.74, 6) is 1.11. The highest BCUT2D eigenvalue weighted by molar-refractivity contribution is 7.99. The second-order valence-electron chi connectivity index (χ2n) is 5.29. The van der Waals surface area contributed by atoms with Crippen molar-refractivity contribution in [1.82, 2.24) is 4.90 Å². The van der Waals surface area contributed by atoms with Gasteiger partial charge in [-0.1, -0.05) is 25.5 Å². The first-order chi connectivity index (χ1) is 9.70. The number of rotatable bonds is 5. The van der Waals surface area contributed by atoms with Gasteiger partial charge in [-0.15, -0.1) is 11.8 Å². The summed E-state index contributed by atoms with van der Waals surface area (Å²) in [7, 11) is 0. The van der Waals surface area contributed by atoms with Crippen LogP contribution in [0.4, 0.5) is 5.69 Å². The van der Waals surface area contributed by atoms with E-state index in [2.05, 4.69) is 30.1 Å². The Labute approximate surface area is 126 Å². The number of hydrogen-bond acceptors (Lipinski definition) is 3. The van der Waals surface area contributed by atoms with Crippen molar-refractivity contribution in [3.8, 4) is 0 Å². The first-order valence-corrected chi connectivity index (χ1v) is 8.45. The third-order valence-electron chi connectivity index (χ3n) is 3.75. The van der Waals surface area contributed by atoms with Crippen molar-refractivity contribution < 1.29 is 4.79 Å². The van der Waals surface area contributed by atoms with Crippen LogP contribution >= 0.6 is 11.8 Å². The molecule has 0 bridgehead atoms. The number of likely N-dealkylation sites (tertiary alicyclic amines) is 1. The van der Waals surface area contributed by atoms with E-state index < -0.39 is 0 Å². The molecular formula is C16H24N2OS. The van der Waals surface area contributed by atoms with Crippen molar-refractivity contribution in [2.75, 3.05) is 24.2 Å². The molecule has 1 amide bonds. The van der Waals surface area contributed by atoms with Crippen LogP contribution in [-0.2, 0) is 4.79 Å². The summed E-state index contributed by atoms with van der Waals surface area (Å²) in [5.41, 5.74) is 0.939. The number of anilines is 1. The average molecular weight is 292 g/mol. The normalized spacial score (nSPS) is 19.8. The number of hydrogen-bond donors (Lipinski definition) is 1. The lowest BCUT2D eigenvalue weighted by atomic mass is 10.0. The molecule has 110 valence electrons. The van der Waals surface area contributed by atoms with E-state index in [0.717, 1.165) is 22.9 Å². The molecule has 1 unspecified atom stereocenters. The first kappa shape index (κ1) is 15.4. The SMILES string of the molecule is CCSc1ccccc1NC(=O)CN1CCCCC1C. The Balaban J connectivity index is 1.94. The fraction of sp³-hybridized carbons (Fsp3) is 0.562. The molecule has 0 aromatic heterocycles. The van der Waals surface area contributed by atoms with Crippen molar-refractivity contribution in [3.05, 3.63) is 24.3 Å². The average Bonchev–Trinajstić information content (AvgIpc) is 2.44. The molecule has 0 saturated carbocycles. The lowest BCUT2D eigenvalue weighted by Crippen LogP contribution is -2.42. The summed E-state index contributed by atoms with van der Waals surface area (Å²) in [6.07, 6.45) is 3.70. The number of carbonyl (C=O) groups excluding carboxylic acids is 1. The van der Waals surface area contributed by atoms with Crippen LogP contribution in [0.2, 0.25) is 0 Å². The number of piperidine rings is 1. The molecule has 1 N–H and O–H groups in total. The predicted octanol–water partition coefficient (Wildman–Crippen LogP) is 3.61. The minimum atomic E-state index is 0.0999. The number of thioether (sulfide) groups is 1. The Kier molecular flexibility index (Phi) is 5.92. The van der Waals surface area contributed by atoms with Gasteiger partial charge >= 0.3 is 0 Å². The Morgan fingerprint density at radius 1 is 1.40 bits per heavy atom. The van der Waals surface area contributed by atoms with Crippen LogP contribution in [0.3, 0.4) is 0 Å². The predicted molar refractivity (Wildman–Crippen MR) is 86.4 cm³/mol. The summed E-state index contributed by atoms with van der Waals surface area (Å²) in [4.78, 5) is 15.7. The largest absolute Gasteiger partial charge is 0.324 e. The van der Waals surface area contributed by atoms with Crippen LogP contribution in [-0.4, -0.2) is 35.7 Å². The van der Waals surface area contributed by atoms with Gasteiger partial charge in [-0.2, -0.15) is 0 Å². The van der Waals surface area contributed by atoms with E-state index in [4.69, 9.17) is 0 Å². The van der Waals surface area contributed by atoms with Gasteiger partial charge in [0.15, 0.2) is 0 Å². The molecular weight excluding hydrogens is 268 g/mol. The highest BCUT2D eigenvalue weighted by atomic mass is 32.2. The molecule has 0 aliphatic carbocycles. The van der Waals surface area contributed by atoms with Gasteiger partial charge in [-0.25, -0.2) is 0 Å². The van der Waals surface area contributed by atoms with Crippen LogP contribution in [0.5, 0.6) is 0 Å². The standard InChI is InChI=1S/C16H24N2OS/c1-3-20-15-10-5-4-9-14(15)17-16(19)12-18-11-7-6-8-13(18)2/h4-5,9-10,13H,3,6-8,11-12H2,1-2H3,(H,17,19). The molecule has 2 rings (SSSR count). The molecule has 0 radical (unpaired) electrons. The van der Waals surface area contributed by atoms with Crippen molar-refractivity contribution in [2.45, 2.75) is 44.0 Å². The zero-order valence-electron chi connectivity index (χ0n) is 12.4. The molecule has 0 spiro atoms. The van der Waals surface area contributed by atoms with Gasteiger partial charge in [-0.3, -0.25) is 9.69 Å². The summed E-state index contributed by atoms with van der Waals surface area (Å²) in [6.45, 7) is 5.89. The van der Waals surface area contributed by atoms with E-state index in [-0.39, 0.29) is 5.91 Å². The second-order valence-corrected chi connectivity index (χ2v) is 6.60. The van der Waals surface area contributed by atoms with Crippen molar-refractivity contribution in [1.29, 1.82) is 0 Å². The Hall–Kier alpha value is -1.00. The molecule has 20 heavy (non-hydrogen) atoms. The highest BCUT2D eigenvalue weighted by Crippen LogP contribution is 2.26. The van der Waals surface area contributed by atoms with Gasteiger partial charge in [0.05, 0.1) is 12.2 Å². The van der Waals surface area contributed by atoms with E-state index >= 15 is 0 Å². The zero-order valence-corrected chi connectivity index (χ0v) is 13.2. The lowest BCUT2D eigenvalue weighted by molar-refractivity contribution is -0.118. The molecule has 1 fully saturated rings. The number of para-hydroxylation sites is 1. The zero-order chi connectivity index (χ0) is 14.4. The third-order valence-corrected chi connectivity index (χ3v) is 4.70. The maximum absolute atomic E-state index is 12.2. The second kappa shape index (κ2) is 7.70. The van der Waals surface area contributed by atoms with E-state index in [9.17, 15) is 4.79 Å². The fourth-order valence-electron chi connectivity index (χ4n) is 2.62. The van der Waals surface area contributed by atoms with Crippen LogP contribution < -0.4 is 5.32 Å². The van der Waals surface area contributed by atoms with E-state index in [1.165, 1.54) is 19.3 Å². The summed E-state index contributed by atoms with van der Waals surface area (Å²) < 4.78 is 0. The molecule has 4 heteroatoms. The number of nitrogens with zero attached hydrogens (tertiary/aromatic N) is 1. The minimum Gasteiger partial charge on any atom is -0.324 e. The lowest BCUT2D eigenvalue weighted by Gasteiger charge is -2.32. The Morgan fingerprint density at radius 2 is 2.20 bits per heavy atom. The summed E-state index contributed by atoms with van der Waals surface area (Å²) >= 11 is 1.76. The molecule has 1 atom stereocenters. The van der Waals surface area contributed by atoms with Gasteiger partial charge in [0.2, 0.25) is 5.91 Å². The maximum Gasteiger partial charge on any atom is 0.238 e. The maximum atomic E-state index is 12.2. The van der Waals surface area contributed by atoms with Gasteiger partial charge in [0.25, 0.3) is 0 Å². The van der Waals surface area contributed by atoms with E-state index in [1.54, 1.807) is 11.8 Å². The van der Waals surface area contributed by atoms with Crippen LogP contribution in [0.15, 0.2) is 29.2 Å². The van der Waals surface area contributed by atoms with Gasteiger partial charge in [0, 0.05) is 10.9 Å². The Morgan fingerprint density at radius 3 is 2.95 bits per heavy atom.